The third kappa shape index (κ3) is 5.72. The SMILES string of the molecule is O=S1(=O)CCC(n2ccc(Nc3nc(OC4CCC(N5CCOCC5)CC4)c4c(n3)SC3COCCC43)n2)CC1. The van der Waals surface area contributed by atoms with Crippen molar-refractivity contribution in [1.82, 2.24) is 24.6 Å². The first-order valence-corrected chi connectivity index (χ1v) is 17.4. The minimum absolute atomic E-state index is 0.0881. The van der Waals surface area contributed by atoms with Crippen LogP contribution in [0.1, 0.15) is 62.5 Å². The number of rotatable bonds is 6. The summed E-state index contributed by atoms with van der Waals surface area (Å²) in [4.78, 5) is 12.4. The van der Waals surface area contributed by atoms with Gasteiger partial charge in [0.1, 0.15) is 21.0 Å². The van der Waals surface area contributed by atoms with Gasteiger partial charge >= 0.3 is 0 Å². The van der Waals surface area contributed by atoms with Crippen molar-refractivity contribution in [3.63, 3.8) is 0 Å². The Hall–Kier alpha value is -1.93. The summed E-state index contributed by atoms with van der Waals surface area (Å²) >= 11 is 1.77. The van der Waals surface area contributed by atoms with E-state index in [2.05, 4.69) is 10.2 Å². The fourth-order valence-electron chi connectivity index (χ4n) is 6.78. The fraction of sp³-hybridized carbons (Fsp3) is 0.741. The molecule has 11 nitrogen and oxygen atoms in total. The monoisotopic (exact) mass is 590 g/mol. The van der Waals surface area contributed by atoms with Crippen molar-refractivity contribution >= 4 is 33.4 Å². The molecule has 3 saturated heterocycles. The van der Waals surface area contributed by atoms with E-state index in [0.29, 0.717) is 47.7 Å². The molecular weight excluding hydrogens is 552 g/mol. The van der Waals surface area contributed by atoms with Gasteiger partial charge in [-0.3, -0.25) is 9.58 Å². The second-order valence-electron chi connectivity index (χ2n) is 11.6. The predicted molar refractivity (Wildman–Crippen MR) is 151 cm³/mol. The molecule has 0 amide bonds. The maximum atomic E-state index is 11.8. The van der Waals surface area contributed by atoms with Crippen LogP contribution >= 0.6 is 11.8 Å². The quantitative estimate of drug-likeness (QED) is 0.500. The van der Waals surface area contributed by atoms with Gasteiger partial charge in [0.2, 0.25) is 11.8 Å². The van der Waals surface area contributed by atoms with Crippen LogP contribution in [0.2, 0.25) is 0 Å². The van der Waals surface area contributed by atoms with Crippen molar-refractivity contribution in [3.05, 3.63) is 17.8 Å². The van der Waals surface area contributed by atoms with Gasteiger partial charge in [0.15, 0.2) is 5.82 Å². The maximum Gasteiger partial charge on any atom is 0.232 e. The molecule has 2 aromatic heterocycles. The first-order valence-electron chi connectivity index (χ1n) is 14.7. The first-order chi connectivity index (χ1) is 19.5. The maximum absolute atomic E-state index is 11.8. The Balaban J connectivity index is 1.07. The van der Waals surface area contributed by atoms with Gasteiger partial charge in [0, 0.05) is 49.2 Å². The molecule has 5 aliphatic rings. The van der Waals surface area contributed by atoms with Crippen LogP contribution in [0.5, 0.6) is 5.88 Å². The zero-order chi connectivity index (χ0) is 27.1. The second kappa shape index (κ2) is 11.4. The van der Waals surface area contributed by atoms with Gasteiger partial charge in [-0.2, -0.15) is 10.1 Å². The Bertz CT molecular complexity index is 1290. The van der Waals surface area contributed by atoms with Gasteiger partial charge in [-0.25, -0.2) is 13.4 Å². The highest BCUT2D eigenvalue weighted by atomic mass is 32.2. The molecule has 1 N–H and O–H groups in total. The van der Waals surface area contributed by atoms with Crippen LogP contribution in [0, 0.1) is 0 Å². The van der Waals surface area contributed by atoms with Crippen LogP contribution in [0.15, 0.2) is 17.3 Å². The van der Waals surface area contributed by atoms with Gasteiger partial charge in [-0.1, -0.05) is 11.8 Å². The zero-order valence-corrected chi connectivity index (χ0v) is 24.4. The number of morpholine rings is 1. The Morgan fingerprint density at radius 2 is 1.75 bits per heavy atom. The van der Waals surface area contributed by atoms with Gasteiger partial charge in [-0.15, -0.1) is 0 Å². The summed E-state index contributed by atoms with van der Waals surface area (Å²) in [6.07, 6.45) is 8.51. The van der Waals surface area contributed by atoms with Gasteiger partial charge < -0.3 is 19.5 Å². The highest BCUT2D eigenvalue weighted by molar-refractivity contribution is 8.00. The lowest BCUT2D eigenvalue weighted by atomic mass is 9.91. The lowest BCUT2D eigenvalue weighted by Crippen LogP contribution is -2.46. The average Bonchev–Trinajstić information content (AvgIpc) is 3.58. The van der Waals surface area contributed by atoms with Crippen molar-refractivity contribution in [2.45, 2.75) is 79.3 Å². The van der Waals surface area contributed by atoms with E-state index in [-0.39, 0.29) is 23.7 Å². The molecule has 2 aromatic rings. The third-order valence-corrected chi connectivity index (χ3v) is 12.1. The van der Waals surface area contributed by atoms with Gasteiger partial charge in [0.25, 0.3) is 0 Å². The summed E-state index contributed by atoms with van der Waals surface area (Å²) in [6, 6.07) is 2.60. The molecule has 0 bridgehead atoms. The largest absolute Gasteiger partial charge is 0.474 e. The number of ether oxygens (including phenoxy) is 3. The van der Waals surface area contributed by atoms with Crippen molar-refractivity contribution in [2.75, 3.05) is 56.3 Å². The lowest BCUT2D eigenvalue weighted by Gasteiger charge is -2.38. The Labute approximate surface area is 239 Å². The fourth-order valence-corrected chi connectivity index (χ4v) is 9.64. The van der Waals surface area contributed by atoms with Crippen molar-refractivity contribution in [3.8, 4) is 5.88 Å². The van der Waals surface area contributed by atoms with E-state index < -0.39 is 9.84 Å². The Morgan fingerprint density at radius 3 is 2.55 bits per heavy atom. The highest BCUT2D eigenvalue weighted by Gasteiger charge is 2.41. The molecule has 40 heavy (non-hydrogen) atoms. The zero-order valence-electron chi connectivity index (χ0n) is 22.7. The number of aromatic nitrogens is 4. The number of hydrogen-bond donors (Lipinski definition) is 1. The molecule has 2 unspecified atom stereocenters. The minimum Gasteiger partial charge on any atom is -0.474 e. The Morgan fingerprint density at radius 1 is 0.950 bits per heavy atom. The molecule has 1 saturated carbocycles. The lowest BCUT2D eigenvalue weighted by molar-refractivity contribution is -0.00158. The summed E-state index contributed by atoms with van der Waals surface area (Å²) in [7, 11) is -2.92. The molecule has 4 aliphatic heterocycles. The molecule has 6 heterocycles. The molecule has 1 aliphatic carbocycles. The standard InChI is InChI=1S/C27H38N6O5S2/c34-40(35)15-7-19(8-16-40)33-9-5-23(31-33)28-27-29-25(24-21-6-12-37-17-22(21)39-26(24)30-27)38-20-3-1-18(2-4-20)32-10-13-36-14-11-32/h5,9,18-22H,1-4,6-8,10-17H2,(H,28,29,30,31). The number of nitrogens with zero attached hydrogens (tertiary/aromatic N) is 5. The number of nitrogens with one attached hydrogen (secondary N) is 1. The topological polar surface area (TPSA) is 121 Å². The number of fused-ring (bicyclic) bond motifs is 3. The summed E-state index contributed by atoms with van der Waals surface area (Å²) < 4.78 is 43.6. The average molecular weight is 591 g/mol. The summed E-state index contributed by atoms with van der Waals surface area (Å²) in [5.74, 6) is 2.62. The van der Waals surface area contributed by atoms with E-state index in [0.717, 1.165) is 82.2 Å². The molecule has 0 aromatic carbocycles. The van der Waals surface area contributed by atoms with Crippen LogP contribution in [-0.2, 0) is 19.3 Å². The second-order valence-corrected chi connectivity index (χ2v) is 15.1. The normalized spacial score (nSPS) is 30.9. The van der Waals surface area contributed by atoms with Crippen LogP contribution in [0.25, 0.3) is 0 Å². The van der Waals surface area contributed by atoms with E-state index in [9.17, 15) is 8.42 Å². The van der Waals surface area contributed by atoms with E-state index in [1.807, 2.05) is 16.9 Å². The van der Waals surface area contributed by atoms with Crippen LogP contribution < -0.4 is 10.1 Å². The van der Waals surface area contributed by atoms with E-state index in [4.69, 9.17) is 29.3 Å². The van der Waals surface area contributed by atoms with Crippen LogP contribution in [0.4, 0.5) is 11.8 Å². The van der Waals surface area contributed by atoms with Crippen molar-refractivity contribution < 1.29 is 22.6 Å². The van der Waals surface area contributed by atoms with Crippen LogP contribution in [0.3, 0.4) is 0 Å². The molecular formula is C27H38N6O5S2. The molecule has 4 fully saturated rings. The van der Waals surface area contributed by atoms with E-state index in [1.165, 1.54) is 0 Å². The molecule has 2 atom stereocenters. The molecule has 13 heteroatoms. The number of thioether (sulfide) groups is 1. The molecule has 7 rings (SSSR count). The van der Waals surface area contributed by atoms with Gasteiger partial charge in [0.05, 0.1) is 42.9 Å². The smallest absolute Gasteiger partial charge is 0.232 e. The van der Waals surface area contributed by atoms with Crippen LogP contribution in [-0.4, -0.2) is 101 Å². The van der Waals surface area contributed by atoms with Crippen molar-refractivity contribution in [1.29, 1.82) is 0 Å². The highest BCUT2D eigenvalue weighted by Crippen LogP contribution is 2.51. The summed E-state index contributed by atoms with van der Waals surface area (Å²) in [5.41, 5.74) is 1.15. The Kier molecular flexibility index (Phi) is 7.67. The number of anilines is 2. The summed E-state index contributed by atoms with van der Waals surface area (Å²) in [5, 5.41) is 9.31. The molecule has 0 radical (unpaired) electrons. The molecule has 218 valence electrons. The predicted octanol–water partition coefficient (Wildman–Crippen LogP) is 3.17. The molecule has 0 spiro atoms. The van der Waals surface area contributed by atoms with Crippen molar-refractivity contribution in [2.24, 2.45) is 0 Å². The number of hydrogen-bond acceptors (Lipinski definition) is 11. The van der Waals surface area contributed by atoms with Gasteiger partial charge in [-0.05, 0) is 44.9 Å². The first kappa shape index (κ1) is 26.9. The number of sulfone groups is 1. The summed E-state index contributed by atoms with van der Waals surface area (Å²) in [6.45, 7) is 5.21. The van der Waals surface area contributed by atoms with E-state index >= 15 is 0 Å². The minimum atomic E-state index is -2.92. The van der Waals surface area contributed by atoms with E-state index in [1.54, 1.807) is 11.8 Å². The third-order valence-electron chi connectivity index (χ3n) is 9.04.